The standard InChI is InChI=1S/C15H20N2O3/c18-15(16-10-11-4-3-8-19-11)17-13-7-9-20-14-6-2-1-5-12(13)14/h1-2,5-6,11,13H,3-4,7-10H2,(H2,16,17,18). The number of rotatable bonds is 3. The maximum atomic E-state index is 12.0. The van der Waals surface area contributed by atoms with E-state index >= 15 is 0 Å². The SMILES string of the molecule is O=C(NCC1CCCO1)NC1CCOc2ccccc21. The lowest BCUT2D eigenvalue weighted by Crippen LogP contribution is -2.42. The van der Waals surface area contributed by atoms with Gasteiger partial charge in [0.1, 0.15) is 5.75 Å². The summed E-state index contributed by atoms with van der Waals surface area (Å²) in [7, 11) is 0. The van der Waals surface area contributed by atoms with E-state index in [0.29, 0.717) is 13.2 Å². The Morgan fingerprint density at radius 2 is 2.15 bits per heavy atom. The highest BCUT2D eigenvalue weighted by molar-refractivity contribution is 5.74. The zero-order valence-corrected chi connectivity index (χ0v) is 11.4. The molecule has 2 N–H and O–H groups in total. The van der Waals surface area contributed by atoms with Crippen LogP contribution in [0.5, 0.6) is 5.75 Å². The second kappa shape index (κ2) is 6.13. The number of carbonyl (C=O) groups is 1. The number of urea groups is 1. The lowest BCUT2D eigenvalue weighted by Gasteiger charge is -2.26. The zero-order chi connectivity index (χ0) is 13.8. The molecule has 2 heterocycles. The third-order valence-corrected chi connectivity index (χ3v) is 3.78. The Morgan fingerprint density at radius 3 is 3.00 bits per heavy atom. The third kappa shape index (κ3) is 3.04. The van der Waals surface area contributed by atoms with E-state index in [1.54, 1.807) is 0 Å². The van der Waals surface area contributed by atoms with Crippen molar-refractivity contribution in [2.75, 3.05) is 19.8 Å². The summed E-state index contributed by atoms with van der Waals surface area (Å²) in [4.78, 5) is 12.0. The molecule has 0 aromatic heterocycles. The van der Waals surface area contributed by atoms with Crippen molar-refractivity contribution in [2.24, 2.45) is 0 Å². The molecule has 2 aliphatic heterocycles. The topological polar surface area (TPSA) is 59.6 Å². The number of ether oxygens (including phenoxy) is 2. The van der Waals surface area contributed by atoms with E-state index in [1.165, 1.54) is 0 Å². The highest BCUT2D eigenvalue weighted by Crippen LogP contribution is 2.31. The second-order valence-corrected chi connectivity index (χ2v) is 5.22. The van der Waals surface area contributed by atoms with Crippen LogP contribution in [0.25, 0.3) is 0 Å². The van der Waals surface area contributed by atoms with E-state index in [2.05, 4.69) is 10.6 Å². The van der Waals surface area contributed by atoms with Crippen LogP contribution in [-0.2, 0) is 4.74 Å². The normalized spacial score (nSPS) is 24.6. The summed E-state index contributed by atoms with van der Waals surface area (Å²) in [5.41, 5.74) is 1.05. The zero-order valence-electron chi connectivity index (χ0n) is 11.4. The van der Waals surface area contributed by atoms with Gasteiger partial charge in [0.05, 0.1) is 18.8 Å². The van der Waals surface area contributed by atoms with Crippen molar-refractivity contribution in [1.29, 1.82) is 0 Å². The van der Waals surface area contributed by atoms with Crippen molar-refractivity contribution in [1.82, 2.24) is 10.6 Å². The smallest absolute Gasteiger partial charge is 0.315 e. The molecular weight excluding hydrogens is 256 g/mol. The van der Waals surface area contributed by atoms with Crippen molar-refractivity contribution in [3.63, 3.8) is 0 Å². The lowest BCUT2D eigenvalue weighted by atomic mass is 10.0. The van der Waals surface area contributed by atoms with Crippen LogP contribution in [0.15, 0.2) is 24.3 Å². The Balaban J connectivity index is 1.54. The van der Waals surface area contributed by atoms with Gasteiger partial charge in [-0.15, -0.1) is 0 Å². The van der Waals surface area contributed by atoms with Crippen molar-refractivity contribution in [3.05, 3.63) is 29.8 Å². The molecule has 2 amide bonds. The third-order valence-electron chi connectivity index (χ3n) is 3.78. The monoisotopic (exact) mass is 276 g/mol. The molecule has 1 saturated heterocycles. The molecule has 5 heteroatoms. The number of amides is 2. The van der Waals surface area contributed by atoms with Gasteiger partial charge >= 0.3 is 6.03 Å². The van der Waals surface area contributed by atoms with Gasteiger partial charge in [0.2, 0.25) is 0 Å². The van der Waals surface area contributed by atoms with Gasteiger partial charge in [-0.1, -0.05) is 18.2 Å². The molecule has 0 aliphatic carbocycles. The van der Waals surface area contributed by atoms with Crippen LogP contribution in [0, 0.1) is 0 Å². The Kier molecular flexibility index (Phi) is 4.06. The molecule has 1 aromatic rings. The number of nitrogens with one attached hydrogen (secondary N) is 2. The molecule has 20 heavy (non-hydrogen) atoms. The van der Waals surface area contributed by atoms with Crippen molar-refractivity contribution in [3.8, 4) is 5.75 Å². The summed E-state index contributed by atoms with van der Waals surface area (Å²) in [5.74, 6) is 0.864. The number of carbonyl (C=O) groups excluding carboxylic acids is 1. The van der Waals surface area contributed by atoms with Gasteiger partial charge in [0.25, 0.3) is 0 Å². The molecule has 5 nitrogen and oxygen atoms in total. The first kappa shape index (κ1) is 13.2. The Morgan fingerprint density at radius 1 is 1.25 bits per heavy atom. The van der Waals surface area contributed by atoms with E-state index in [0.717, 1.165) is 37.2 Å². The lowest BCUT2D eigenvalue weighted by molar-refractivity contribution is 0.111. The summed E-state index contributed by atoms with van der Waals surface area (Å²) < 4.78 is 11.1. The van der Waals surface area contributed by atoms with Crippen molar-refractivity contribution < 1.29 is 14.3 Å². The number of hydrogen-bond acceptors (Lipinski definition) is 3. The van der Waals surface area contributed by atoms with Gasteiger partial charge in [-0.3, -0.25) is 0 Å². The molecular formula is C15H20N2O3. The average molecular weight is 276 g/mol. The van der Waals surface area contributed by atoms with Crippen LogP contribution >= 0.6 is 0 Å². The van der Waals surface area contributed by atoms with Gasteiger partial charge in [0, 0.05) is 25.1 Å². The van der Waals surface area contributed by atoms with Crippen LogP contribution in [0.2, 0.25) is 0 Å². The largest absolute Gasteiger partial charge is 0.493 e. The molecule has 2 atom stereocenters. The van der Waals surface area contributed by atoms with Gasteiger partial charge < -0.3 is 20.1 Å². The van der Waals surface area contributed by atoms with E-state index in [1.807, 2.05) is 24.3 Å². The van der Waals surface area contributed by atoms with Gasteiger partial charge in [-0.25, -0.2) is 4.79 Å². The first-order valence-corrected chi connectivity index (χ1v) is 7.20. The summed E-state index contributed by atoms with van der Waals surface area (Å²) >= 11 is 0. The molecule has 3 rings (SSSR count). The first-order valence-electron chi connectivity index (χ1n) is 7.20. The maximum Gasteiger partial charge on any atom is 0.315 e. The van der Waals surface area contributed by atoms with Crippen LogP contribution in [-0.4, -0.2) is 31.9 Å². The molecule has 2 unspecified atom stereocenters. The molecule has 108 valence electrons. The van der Waals surface area contributed by atoms with Crippen LogP contribution in [0.1, 0.15) is 30.9 Å². The summed E-state index contributed by atoms with van der Waals surface area (Å²) in [6.07, 6.45) is 3.08. The predicted molar refractivity (Wildman–Crippen MR) is 74.8 cm³/mol. The summed E-state index contributed by atoms with van der Waals surface area (Å²) in [5, 5.41) is 5.90. The molecule has 0 radical (unpaired) electrons. The number of benzene rings is 1. The highest BCUT2D eigenvalue weighted by atomic mass is 16.5. The number of hydrogen-bond donors (Lipinski definition) is 2. The fourth-order valence-electron chi connectivity index (χ4n) is 2.71. The quantitative estimate of drug-likeness (QED) is 0.887. The second-order valence-electron chi connectivity index (χ2n) is 5.22. The van der Waals surface area contributed by atoms with Crippen LogP contribution in [0.3, 0.4) is 0 Å². The number of fused-ring (bicyclic) bond motifs is 1. The van der Waals surface area contributed by atoms with E-state index < -0.39 is 0 Å². The minimum absolute atomic E-state index is 0.0180. The fourth-order valence-corrected chi connectivity index (χ4v) is 2.71. The molecule has 1 fully saturated rings. The minimum atomic E-state index is -0.137. The summed E-state index contributed by atoms with van der Waals surface area (Å²) in [6.45, 7) is 2.02. The Hall–Kier alpha value is -1.75. The van der Waals surface area contributed by atoms with E-state index in [9.17, 15) is 4.79 Å². The Bertz CT molecular complexity index is 472. The van der Waals surface area contributed by atoms with Gasteiger partial charge in [-0.2, -0.15) is 0 Å². The molecule has 0 saturated carbocycles. The summed E-state index contributed by atoms with van der Waals surface area (Å²) in [6, 6.07) is 7.73. The van der Waals surface area contributed by atoms with E-state index in [4.69, 9.17) is 9.47 Å². The molecule has 1 aromatic carbocycles. The van der Waals surface area contributed by atoms with E-state index in [-0.39, 0.29) is 18.2 Å². The Labute approximate surface area is 118 Å². The van der Waals surface area contributed by atoms with Crippen LogP contribution < -0.4 is 15.4 Å². The highest BCUT2D eigenvalue weighted by Gasteiger charge is 2.23. The average Bonchev–Trinajstić information content (AvgIpc) is 2.99. The van der Waals surface area contributed by atoms with Gasteiger partial charge in [0.15, 0.2) is 0 Å². The van der Waals surface area contributed by atoms with Crippen molar-refractivity contribution in [2.45, 2.75) is 31.4 Å². The number of para-hydroxylation sites is 1. The predicted octanol–water partition coefficient (Wildman–Crippen LogP) is 1.99. The molecule has 0 bridgehead atoms. The first-order chi connectivity index (χ1) is 9.83. The molecule has 2 aliphatic rings. The van der Waals surface area contributed by atoms with Gasteiger partial charge in [-0.05, 0) is 18.9 Å². The molecule has 0 spiro atoms. The maximum absolute atomic E-state index is 12.0. The minimum Gasteiger partial charge on any atom is -0.493 e. The van der Waals surface area contributed by atoms with Crippen LogP contribution in [0.4, 0.5) is 4.79 Å². The fraction of sp³-hybridized carbons (Fsp3) is 0.533. The van der Waals surface area contributed by atoms with Crippen molar-refractivity contribution >= 4 is 6.03 Å².